The fourth-order valence-corrected chi connectivity index (χ4v) is 2.99. The monoisotopic (exact) mass is 246 g/mol. The smallest absolute Gasteiger partial charge is 0.0896 e. The highest BCUT2D eigenvalue weighted by Crippen LogP contribution is 2.38. The largest absolute Gasteiger partial charge is 0.375 e. The van der Waals surface area contributed by atoms with Crippen LogP contribution in [0.15, 0.2) is 35.0 Å². The van der Waals surface area contributed by atoms with Crippen molar-refractivity contribution in [3.05, 3.63) is 46.3 Å². The topological polar surface area (TPSA) is 24.9 Å². The van der Waals surface area contributed by atoms with Crippen molar-refractivity contribution in [3.63, 3.8) is 0 Å². The van der Waals surface area contributed by atoms with E-state index in [1.807, 2.05) is 12.3 Å². The molecule has 17 heavy (non-hydrogen) atoms. The van der Waals surface area contributed by atoms with E-state index in [2.05, 4.69) is 36.3 Å². The number of hydrogen-bond acceptors (Lipinski definition) is 2. The normalized spacial score (nSPS) is 21.2. The lowest BCUT2D eigenvalue weighted by atomic mass is 9.87. The van der Waals surface area contributed by atoms with Gasteiger partial charge >= 0.3 is 0 Å². The van der Waals surface area contributed by atoms with E-state index < -0.39 is 0 Å². The lowest BCUT2D eigenvalue weighted by Crippen LogP contribution is -2.40. The van der Waals surface area contributed by atoms with E-state index in [1.165, 1.54) is 11.1 Å². The first-order valence-corrected chi connectivity index (χ1v) is 6.29. The minimum absolute atomic E-state index is 0.109. The number of hydrogen-bond donors (Lipinski definition) is 1. The summed E-state index contributed by atoms with van der Waals surface area (Å²) in [5.74, 6) is 0. The molecule has 0 aromatic carbocycles. The third-order valence-electron chi connectivity index (χ3n) is 3.30. The third kappa shape index (κ3) is 1.77. The Hall–Kier alpha value is -1.28. The Morgan fingerprint density at radius 1 is 1.35 bits per heavy atom. The van der Waals surface area contributed by atoms with E-state index >= 15 is 0 Å². The molecule has 2 aliphatic rings. The molecule has 2 heterocycles. The highest BCUT2D eigenvalue weighted by Gasteiger charge is 2.30. The average molecular weight is 247 g/mol. The summed E-state index contributed by atoms with van der Waals surface area (Å²) in [5, 5.41) is 4.41. The summed E-state index contributed by atoms with van der Waals surface area (Å²) in [4.78, 5) is 4.50. The van der Waals surface area contributed by atoms with Crippen LogP contribution in [0, 0.1) is 0 Å². The first kappa shape index (κ1) is 10.8. The van der Waals surface area contributed by atoms with Gasteiger partial charge in [-0.05, 0) is 50.0 Å². The van der Waals surface area contributed by atoms with Crippen LogP contribution < -0.4 is 5.32 Å². The van der Waals surface area contributed by atoms with E-state index in [0.717, 1.165) is 29.3 Å². The minimum atomic E-state index is -0.109. The fraction of sp³-hybridized carbons (Fsp3) is 0.357. The highest BCUT2D eigenvalue weighted by molar-refractivity contribution is 6.33. The van der Waals surface area contributed by atoms with E-state index in [0.29, 0.717) is 0 Å². The molecule has 1 aliphatic carbocycles. The van der Waals surface area contributed by atoms with Gasteiger partial charge in [-0.15, -0.1) is 0 Å². The summed E-state index contributed by atoms with van der Waals surface area (Å²) in [6.45, 7) is 4.24. The summed E-state index contributed by atoms with van der Waals surface area (Å²) in [6.07, 6.45) is 5.94. The lowest BCUT2D eigenvalue weighted by molar-refractivity contribution is 0.549. The second-order valence-corrected chi connectivity index (χ2v) is 5.61. The van der Waals surface area contributed by atoms with Crippen LogP contribution in [-0.4, -0.2) is 10.5 Å². The molecule has 1 N–H and O–H groups in total. The molecule has 3 rings (SSSR count). The predicted octanol–water partition coefficient (Wildman–Crippen LogP) is 3.24. The van der Waals surface area contributed by atoms with Gasteiger partial charge in [0.2, 0.25) is 0 Å². The van der Waals surface area contributed by atoms with Crippen LogP contribution in [0.3, 0.4) is 0 Å². The number of allylic oxidation sites excluding steroid dienone is 2. The van der Waals surface area contributed by atoms with Crippen molar-refractivity contribution in [2.45, 2.75) is 32.2 Å². The Morgan fingerprint density at radius 3 is 3.00 bits per heavy atom. The van der Waals surface area contributed by atoms with Gasteiger partial charge in [0.05, 0.1) is 16.9 Å². The summed E-state index contributed by atoms with van der Waals surface area (Å²) in [5.41, 5.74) is 4.58. The van der Waals surface area contributed by atoms with Gasteiger partial charge in [-0.1, -0.05) is 17.7 Å². The van der Waals surface area contributed by atoms with Crippen LogP contribution in [0.5, 0.6) is 0 Å². The highest BCUT2D eigenvalue weighted by atomic mass is 35.5. The number of pyridine rings is 1. The molecule has 0 amide bonds. The van der Waals surface area contributed by atoms with Gasteiger partial charge in [-0.3, -0.25) is 4.98 Å². The molecular weight excluding hydrogens is 232 g/mol. The number of rotatable bonds is 0. The van der Waals surface area contributed by atoms with Crippen LogP contribution >= 0.6 is 11.6 Å². The van der Waals surface area contributed by atoms with Crippen LogP contribution in [0.1, 0.15) is 31.5 Å². The van der Waals surface area contributed by atoms with E-state index in [4.69, 9.17) is 11.6 Å². The van der Waals surface area contributed by atoms with Crippen LogP contribution in [0.2, 0.25) is 0 Å². The molecule has 3 heteroatoms. The molecule has 0 atom stereocenters. The van der Waals surface area contributed by atoms with Crippen molar-refractivity contribution < 1.29 is 0 Å². The Morgan fingerprint density at radius 2 is 2.18 bits per heavy atom. The summed E-state index contributed by atoms with van der Waals surface area (Å²) >= 11 is 6.38. The van der Waals surface area contributed by atoms with Crippen molar-refractivity contribution in [3.8, 4) is 0 Å². The standard InChI is InChI=1S/C14H15ClN2/c1-14(2)8-11(15)10-6-5-9-4-3-7-16-12(9)13(10)17-14/h3-4,7-8,17H,5-6H2,1-2H3. The minimum Gasteiger partial charge on any atom is -0.375 e. The first-order chi connectivity index (χ1) is 8.07. The second kappa shape index (κ2) is 3.61. The molecule has 2 nitrogen and oxygen atoms in total. The lowest BCUT2D eigenvalue weighted by Gasteiger charge is -2.35. The Bertz CT molecular complexity index is 541. The maximum absolute atomic E-state index is 6.38. The molecule has 0 fully saturated rings. The number of halogens is 1. The average Bonchev–Trinajstić information content (AvgIpc) is 2.27. The maximum atomic E-state index is 6.38. The van der Waals surface area contributed by atoms with Crippen molar-refractivity contribution in [2.24, 2.45) is 0 Å². The Balaban J connectivity index is 2.17. The quantitative estimate of drug-likeness (QED) is 0.760. The number of nitrogens with zero attached hydrogens (tertiary/aromatic N) is 1. The predicted molar refractivity (Wildman–Crippen MR) is 70.6 cm³/mol. The summed E-state index contributed by atoms with van der Waals surface area (Å²) in [7, 11) is 0. The molecule has 88 valence electrons. The van der Waals surface area contributed by atoms with E-state index in [1.54, 1.807) is 0 Å². The van der Waals surface area contributed by atoms with Gasteiger partial charge in [0.1, 0.15) is 0 Å². The molecule has 0 unspecified atom stereocenters. The molecule has 0 spiro atoms. The zero-order valence-corrected chi connectivity index (χ0v) is 10.8. The molecule has 0 bridgehead atoms. The summed E-state index contributed by atoms with van der Waals surface area (Å²) in [6, 6.07) is 4.14. The van der Waals surface area contributed by atoms with Crippen molar-refractivity contribution in [1.82, 2.24) is 10.3 Å². The van der Waals surface area contributed by atoms with Gasteiger partial charge in [-0.2, -0.15) is 0 Å². The number of nitrogens with one attached hydrogen (secondary N) is 1. The third-order valence-corrected chi connectivity index (χ3v) is 3.63. The molecule has 1 aromatic heterocycles. The van der Waals surface area contributed by atoms with Gasteiger partial charge in [0.25, 0.3) is 0 Å². The van der Waals surface area contributed by atoms with Crippen LogP contribution in [0.4, 0.5) is 0 Å². The molecule has 1 aromatic rings. The first-order valence-electron chi connectivity index (χ1n) is 5.91. The van der Waals surface area contributed by atoms with Crippen molar-refractivity contribution >= 4 is 17.3 Å². The maximum Gasteiger partial charge on any atom is 0.0896 e. The van der Waals surface area contributed by atoms with Gasteiger partial charge in [-0.25, -0.2) is 0 Å². The number of fused-ring (bicyclic) bond motifs is 2. The van der Waals surface area contributed by atoms with Crippen LogP contribution in [-0.2, 0) is 6.42 Å². The van der Waals surface area contributed by atoms with E-state index in [9.17, 15) is 0 Å². The van der Waals surface area contributed by atoms with Gasteiger partial charge < -0.3 is 5.32 Å². The number of dihydropyridines is 1. The van der Waals surface area contributed by atoms with E-state index in [-0.39, 0.29) is 5.54 Å². The Kier molecular flexibility index (Phi) is 2.30. The van der Waals surface area contributed by atoms with Gasteiger partial charge in [0, 0.05) is 11.2 Å². The van der Waals surface area contributed by atoms with Crippen molar-refractivity contribution in [1.29, 1.82) is 0 Å². The molecular formula is C14H15ClN2. The molecule has 0 radical (unpaired) electrons. The molecule has 0 saturated carbocycles. The summed E-state index contributed by atoms with van der Waals surface area (Å²) < 4.78 is 0. The number of aryl methyl sites for hydroxylation is 1. The Labute approximate surface area is 106 Å². The zero-order chi connectivity index (χ0) is 12.0. The molecule has 0 saturated heterocycles. The number of aromatic nitrogens is 1. The van der Waals surface area contributed by atoms with Crippen molar-refractivity contribution in [2.75, 3.05) is 0 Å². The molecule has 1 aliphatic heterocycles. The zero-order valence-electron chi connectivity index (χ0n) is 10.0. The second-order valence-electron chi connectivity index (χ2n) is 5.20. The van der Waals surface area contributed by atoms with Gasteiger partial charge in [0.15, 0.2) is 0 Å². The SMILES string of the molecule is CC1(C)C=C(Cl)C2=C(N1)c1ncccc1CC2. The fourth-order valence-electron chi connectivity index (χ4n) is 2.53. The van der Waals surface area contributed by atoms with Crippen LogP contribution in [0.25, 0.3) is 5.70 Å².